The van der Waals surface area contributed by atoms with Crippen molar-refractivity contribution in [2.45, 2.75) is 0 Å². The number of hydrogen-bond acceptors (Lipinski definition) is 2. The summed E-state index contributed by atoms with van der Waals surface area (Å²) in [5.74, 6) is 0. The fourth-order valence-corrected chi connectivity index (χ4v) is 7.65. The van der Waals surface area contributed by atoms with E-state index < -0.39 is 0 Å². The minimum absolute atomic E-state index is 0.903. The highest BCUT2D eigenvalue weighted by molar-refractivity contribution is 6.25. The van der Waals surface area contributed by atoms with Crippen LogP contribution in [0, 0.1) is 0 Å². The molecule has 0 N–H and O–H groups in total. The molecule has 1 aromatic heterocycles. The Bertz CT molecular complexity index is 2840. The number of rotatable bonds is 4. The number of para-hydroxylation sites is 2. The molecule has 9 aromatic carbocycles. The second-order valence-corrected chi connectivity index (χ2v) is 12.5. The quantitative estimate of drug-likeness (QED) is 0.184. The largest absolute Gasteiger partial charge is 0.456 e. The summed E-state index contributed by atoms with van der Waals surface area (Å²) < 4.78 is 6.34. The first-order valence-corrected chi connectivity index (χ1v) is 16.4. The minimum Gasteiger partial charge on any atom is -0.456 e. The zero-order valence-electron chi connectivity index (χ0n) is 26.1. The van der Waals surface area contributed by atoms with Gasteiger partial charge in [-0.2, -0.15) is 0 Å². The number of benzene rings is 9. The summed E-state index contributed by atoms with van der Waals surface area (Å²) in [7, 11) is 0. The molecule has 0 aliphatic carbocycles. The molecule has 0 fully saturated rings. The Morgan fingerprint density at radius 3 is 1.88 bits per heavy atom. The van der Waals surface area contributed by atoms with E-state index in [1.807, 2.05) is 6.07 Å². The molecule has 0 atom stereocenters. The lowest BCUT2D eigenvalue weighted by atomic mass is 9.94. The highest BCUT2D eigenvalue weighted by atomic mass is 16.3. The Hall–Kier alpha value is -6.38. The van der Waals surface area contributed by atoms with Gasteiger partial charge in [-0.25, -0.2) is 0 Å². The fourth-order valence-electron chi connectivity index (χ4n) is 7.65. The topological polar surface area (TPSA) is 16.4 Å². The van der Waals surface area contributed by atoms with Gasteiger partial charge in [0.15, 0.2) is 0 Å². The molecular weight excluding hydrogens is 583 g/mol. The van der Waals surface area contributed by atoms with Gasteiger partial charge >= 0.3 is 0 Å². The van der Waals surface area contributed by atoms with Gasteiger partial charge in [0.25, 0.3) is 0 Å². The number of fused-ring (bicyclic) bond motifs is 10. The molecule has 48 heavy (non-hydrogen) atoms. The van der Waals surface area contributed by atoms with Crippen molar-refractivity contribution in [3.63, 3.8) is 0 Å². The van der Waals surface area contributed by atoms with Crippen LogP contribution in [0.5, 0.6) is 0 Å². The number of nitrogens with zero attached hydrogens (tertiary/aromatic N) is 1. The molecule has 0 saturated carbocycles. The molecule has 10 rings (SSSR count). The predicted octanol–water partition coefficient (Wildman–Crippen LogP) is 13.3. The molecule has 0 aliphatic heterocycles. The Balaban J connectivity index is 1.35. The van der Waals surface area contributed by atoms with Crippen LogP contribution in [0.25, 0.3) is 76.2 Å². The summed E-state index contributed by atoms with van der Waals surface area (Å²) in [6, 6.07) is 63.4. The lowest BCUT2D eigenvalue weighted by Crippen LogP contribution is -2.12. The second-order valence-electron chi connectivity index (χ2n) is 12.5. The lowest BCUT2D eigenvalue weighted by molar-refractivity contribution is 0.669. The molecule has 10 aromatic rings. The Labute approximate surface area is 277 Å². The molecule has 0 radical (unpaired) electrons. The predicted molar refractivity (Wildman–Crippen MR) is 204 cm³/mol. The summed E-state index contributed by atoms with van der Waals surface area (Å²) in [4.78, 5) is 2.46. The van der Waals surface area contributed by atoms with Crippen LogP contribution < -0.4 is 4.90 Å². The average molecular weight is 612 g/mol. The van der Waals surface area contributed by atoms with E-state index in [4.69, 9.17) is 4.42 Å². The van der Waals surface area contributed by atoms with Crippen LogP contribution in [0.2, 0.25) is 0 Å². The summed E-state index contributed by atoms with van der Waals surface area (Å²) in [6.45, 7) is 0. The van der Waals surface area contributed by atoms with Crippen LogP contribution >= 0.6 is 0 Å². The van der Waals surface area contributed by atoms with Crippen molar-refractivity contribution in [3.8, 4) is 11.1 Å². The molecule has 0 unspecified atom stereocenters. The van der Waals surface area contributed by atoms with Crippen LogP contribution in [0.3, 0.4) is 0 Å². The monoisotopic (exact) mass is 611 g/mol. The van der Waals surface area contributed by atoms with Crippen LogP contribution in [0.15, 0.2) is 180 Å². The summed E-state index contributed by atoms with van der Waals surface area (Å²) in [5, 5.41) is 12.1. The van der Waals surface area contributed by atoms with Crippen molar-refractivity contribution in [2.75, 3.05) is 4.90 Å². The Morgan fingerprint density at radius 1 is 0.354 bits per heavy atom. The molecule has 2 nitrogen and oxygen atoms in total. The smallest absolute Gasteiger partial charge is 0.136 e. The number of anilines is 3. The molecule has 2 heteroatoms. The maximum Gasteiger partial charge on any atom is 0.136 e. The fraction of sp³-hybridized carbons (Fsp3) is 0. The van der Waals surface area contributed by atoms with Crippen molar-refractivity contribution in [1.29, 1.82) is 0 Å². The van der Waals surface area contributed by atoms with Crippen LogP contribution in [0.1, 0.15) is 0 Å². The summed E-state index contributed by atoms with van der Waals surface area (Å²) >= 11 is 0. The standard InChI is InChI=1S/C46H29NO/c1-2-11-30(12-3-1)36-15-6-8-18-40(36)47(35-27-25-32-26-28-43-46(39(32)29-35)38-17-7-9-20-42(38)48-43)41-19-10-14-33-23-24-34-22-21-31-13-4-5-16-37(31)44(34)45(33)41/h1-29H. The minimum atomic E-state index is 0.903. The van der Waals surface area contributed by atoms with Gasteiger partial charge < -0.3 is 9.32 Å². The molecule has 0 amide bonds. The van der Waals surface area contributed by atoms with Gasteiger partial charge in [-0.05, 0) is 79.7 Å². The van der Waals surface area contributed by atoms with Crippen LogP contribution in [0.4, 0.5) is 17.1 Å². The maximum absolute atomic E-state index is 6.34. The summed E-state index contributed by atoms with van der Waals surface area (Å²) in [5.41, 5.74) is 7.51. The van der Waals surface area contributed by atoms with Gasteiger partial charge in [0, 0.05) is 27.4 Å². The average Bonchev–Trinajstić information content (AvgIpc) is 3.55. The number of furan rings is 1. The van der Waals surface area contributed by atoms with Crippen LogP contribution in [-0.4, -0.2) is 0 Å². The Morgan fingerprint density at radius 2 is 0.979 bits per heavy atom. The third-order valence-corrected chi connectivity index (χ3v) is 9.80. The molecule has 0 aliphatic rings. The van der Waals surface area contributed by atoms with Crippen molar-refractivity contribution >= 4 is 82.1 Å². The first-order chi connectivity index (χ1) is 23.8. The normalized spacial score (nSPS) is 11.8. The Kier molecular flexibility index (Phi) is 5.91. The third-order valence-electron chi connectivity index (χ3n) is 9.80. The second kappa shape index (κ2) is 10.6. The maximum atomic E-state index is 6.34. The van der Waals surface area contributed by atoms with E-state index in [0.717, 1.165) is 39.0 Å². The van der Waals surface area contributed by atoms with Crippen molar-refractivity contribution < 1.29 is 4.42 Å². The third kappa shape index (κ3) is 4.06. The van der Waals surface area contributed by atoms with Crippen molar-refractivity contribution in [1.82, 2.24) is 0 Å². The van der Waals surface area contributed by atoms with Gasteiger partial charge in [-0.15, -0.1) is 0 Å². The van der Waals surface area contributed by atoms with Crippen molar-refractivity contribution in [3.05, 3.63) is 176 Å². The van der Waals surface area contributed by atoms with Crippen LogP contribution in [-0.2, 0) is 0 Å². The van der Waals surface area contributed by atoms with E-state index in [0.29, 0.717) is 0 Å². The molecule has 1 heterocycles. The van der Waals surface area contributed by atoms with E-state index in [-0.39, 0.29) is 0 Å². The van der Waals surface area contributed by atoms with E-state index in [1.54, 1.807) is 0 Å². The zero-order chi connectivity index (χ0) is 31.6. The molecule has 0 bridgehead atoms. The number of hydrogen-bond donors (Lipinski definition) is 0. The summed E-state index contributed by atoms with van der Waals surface area (Å²) in [6.07, 6.45) is 0. The van der Waals surface area contributed by atoms with E-state index >= 15 is 0 Å². The highest BCUT2D eigenvalue weighted by Gasteiger charge is 2.22. The SMILES string of the molecule is c1ccc(-c2ccccc2N(c2ccc3ccc4oc5ccccc5c4c3c2)c2cccc3ccc4ccc5ccccc5c4c23)cc1. The molecule has 224 valence electrons. The highest BCUT2D eigenvalue weighted by Crippen LogP contribution is 2.47. The van der Waals surface area contributed by atoms with Gasteiger partial charge in [0.2, 0.25) is 0 Å². The first kappa shape index (κ1) is 26.8. The molecule has 0 spiro atoms. The lowest BCUT2D eigenvalue weighted by Gasteiger charge is -2.30. The van der Waals surface area contributed by atoms with E-state index in [9.17, 15) is 0 Å². The first-order valence-electron chi connectivity index (χ1n) is 16.4. The zero-order valence-corrected chi connectivity index (χ0v) is 26.1. The van der Waals surface area contributed by atoms with E-state index in [2.05, 4.69) is 175 Å². The van der Waals surface area contributed by atoms with E-state index in [1.165, 1.54) is 54.2 Å². The van der Waals surface area contributed by atoms with Gasteiger partial charge in [-0.1, -0.05) is 140 Å². The van der Waals surface area contributed by atoms with Crippen molar-refractivity contribution in [2.24, 2.45) is 0 Å². The molecule has 0 saturated heterocycles. The van der Waals surface area contributed by atoms with Gasteiger partial charge in [-0.3, -0.25) is 0 Å². The van der Waals surface area contributed by atoms with Gasteiger partial charge in [0.05, 0.1) is 11.4 Å². The van der Waals surface area contributed by atoms with Gasteiger partial charge in [0.1, 0.15) is 11.2 Å². The molecular formula is C46H29NO.